The average Bonchev–Trinajstić information content (AvgIpc) is 2.79. The number of aliphatic carboxylic acids is 1. The number of esters is 1. The molecular weight excluding hydrogens is 498 g/mol. The van der Waals surface area contributed by atoms with Gasteiger partial charge in [0, 0.05) is 18.9 Å². The summed E-state index contributed by atoms with van der Waals surface area (Å²) >= 11 is 0. The first-order valence-corrected chi connectivity index (χ1v) is 12.9. The molecule has 0 aliphatic heterocycles. The summed E-state index contributed by atoms with van der Waals surface area (Å²) in [6, 6.07) is 3.81. The number of nitrogens with one attached hydrogen (secondary N) is 1. The summed E-state index contributed by atoms with van der Waals surface area (Å²) in [4.78, 5) is 49.4. The lowest BCUT2D eigenvalue weighted by atomic mass is 10.00. The van der Waals surface area contributed by atoms with Crippen LogP contribution in [0.1, 0.15) is 86.1 Å². The highest BCUT2D eigenvalue weighted by atomic mass is 16.7. The van der Waals surface area contributed by atoms with E-state index < -0.39 is 42.2 Å². The van der Waals surface area contributed by atoms with E-state index in [1.54, 1.807) is 34.6 Å². The maximum atomic E-state index is 12.6. The Labute approximate surface area is 224 Å². The highest BCUT2D eigenvalue weighted by Crippen LogP contribution is 2.32. The Morgan fingerprint density at radius 2 is 1.47 bits per heavy atom. The highest BCUT2D eigenvalue weighted by molar-refractivity contribution is 5.82. The van der Waals surface area contributed by atoms with Crippen molar-refractivity contribution in [1.82, 2.24) is 5.32 Å². The molecule has 0 spiro atoms. The van der Waals surface area contributed by atoms with E-state index >= 15 is 0 Å². The molecule has 0 amide bonds. The van der Waals surface area contributed by atoms with E-state index in [4.69, 9.17) is 23.7 Å². The summed E-state index contributed by atoms with van der Waals surface area (Å²) in [6.07, 6.45) is -0.391. The lowest BCUT2D eigenvalue weighted by Crippen LogP contribution is -2.59. The second-order valence-corrected chi connectivity index (χ2v) is 9.51. The molecule has 0 fully saturated rings. The SMILES string of the molecule is CCCCCC(=O)O[C@](Cc1ccc(OC(=O)OC(C)C)c(OC(=O)OC(C)C)c1)(NC(C)CC)C(=O)O. The van der Waals surface area contributed by atoms with Crippen molar-refractivity contribution in [3.8, 4) is 11.5 Å². The molecule has 0 aliphatic rings. The van der Waals surface area contributed by atoms with Gasteiger partial charge in [0.15, 0.2) is 11.5 Å². The van der Waals surface area contributed by atoms with Gasteiger partial charge in [-0.05, 0) is 65.2 Å². The summed E-state index contributed by atoms with van der Waals surface area (Å²) < 4.78 is 26.0. The van der Waals surface area contributed by atoms with Crippen LogP contribution in [0, 0.1) is 0 Å². The van der Waals surface area contributed by atoms with Crippen LogP contribution in [0.3, 0.4) is 0 Å². The molecule has 1 rings (SSSR count). The maximum Gasteiger partial charge on any atom is 0.514 e. The number of ether oxygens (including phenoxy) is 5. The molecule has 0 aliphatic carbocycles. The van der Waals surface area contributed by atoms with Gasteiger partial charge < -0.3 is 28.8 Å². The third kappa shape index (κ3) is 11.4. The molecule has 11 nitrogen and oxygen atoms in total. The first-order chi connectivity index (χ1) is 17.8. The Bertz CT molecular complexity index is 946. The lowest BCUT2D eigenvalue weighted by molar-refractivity contribution is -0.184. The molecule has 1 aromatic carbocycles. The van der Waals surface area contributed by atoms with Crippen molar-refractivity contribution < 1.29 is 48.0 Å². The number of carboxylic acids is 1. The zero-order valence-electron chi connectivity index (χ0n) is 23.3. The Balaban J connectivity index is 3.40. The number of rotatable bonds is 15. The smallest absolute Gasteiger partial charge is 0.477 e. The van der Waals surface area contributed by atoms with Gasteiger partial charge in [0.2, 0.25) is 0 Å². The lowest BCUT2D eigenvalue weighted by Gasteiger charge is -2.33. The number of hydrogen-bond acceptors (Lipinski definition) is 10. The molecule has 0 saturated carbocycles. The largest absolute Gasteiger partial charge is 0.514 e. The van der Waals surface area contributed by atoms with Crippen LogP contribution in [-0.4, -0.2) is 53.3 Å². The van der Waals surface area contributed by atoms with Gasteiger partial charge in [-0.2, -0.15) is 0 Å². The van der Waals surface area contributed by atoms with Crippen molar-refractivity contribution in [2.24, 2.45) is 0 Å². The molecule has 2 N–H and O–H groups in total. The molecule has 214 valence electrons. The van der Waals surface area contributed by atoms with Crippen LogP contribution in [0.2, 0.25) is 0 Å². The standard InChI is InChI=1S/C27H41NO10/c1-8-10-11-12-23(29)38-27(24(30)31,28-19(7)9-2)16-20-13-14-21(36-25(32)34-17(3)4)22(15-20)37-26(33)35-18(5)6/h13-15,17-19,28H,8-12,16H2,1-7H3,(H,30,31)/t19?,27-/m0/s1. The molecule has 38 heavy (non-hydrogen) atoms. The van der Waals surface area contributed by atoms with Gasteiger partial charge in [-0.15, -0.1) is 0 Å². The summed E-state index contributed by atoms with van der Waals surface area (Å²) in [5, 5.41) is 13.1. The van der Waals surface area contributed by atoms with Crippen molar-refractivity contribution >= 4 is 24.2 Å². The van der Waals surface area contributed by atoms with Crippen LogP contribution in [0.5, 0.6) is 11.5 Å². The Morgan fingerprint density at radius 1 is 0.895 bits per heavy atom. The molecule has 0 bridgehead atoms. The minimum absolute atomic E-state index is 0.0746. The Kier molecular flexibility index (Phi) is 13.6. The quantitative estimate of drug-likeness (QED) is 0.0974. The number of carbonyl (C=O) groups excluding carboxylic acids is 3. The molecule has 0 radical (unpaired) electrons. The van der Waals surface area contributed by atoms with Crippen LogP contribution in [0.25, 0.3) is 0 Å². The summed E-state index contributed by atoms with van der Waals surface area (Å²) in [5.41, 5.74) is -1.77. The fourth-order valence-electron chi connectivity index (χ4n) is 3.29. The van der Waals surface area contributed by atoms with E-state index in [0.717, 1.165) is 12.8 Å². The van der Waals surface area contributed by atoms with Gasteiger partial charge in [0.05, 0.1) is 12.2 Å². The van der Waals surface area contributed by atoms with Crippen LogP contribution in [0.4, 0.5) is 9.59 Å². The molecule has 11 heteroatoms. The summed E-state index contributed by atoms with van der Waals surface area (Å²) in [6.45, 7) is 12.2. The van der Waals surface area contributed by atoms with Crippen molar-refractivity contribution in [3.63, 3.8) is 0 Å². The Hall–Kier alpha value is -3.34. The van der Waals surface area contributed by atoms with E-state index in [9.17, 15) is 24.3 Å². The van der Waals surface area contributed by atoms with Crippen LogP contribution in [-0.2, 0) is 30.2 Å². The minimum atomic E-state index is -2.09. The fourth-order valence-corrected chi connectivity index (χ4v) is 3.29. The van der Waals surface area contributed by atoms with Gasteiger partial charge in [0.1, 0.15) is 0 Å². The second-order valence-electron chi connectivity index (χ2n) is 9.51. The van der Waals surface area contributed by atoms with Crippen molar-refractivity contribution in [3.05, 3.63) is 23.8 Å². The second kappa shape index (κ2) is 15.8. The predicted molar refractivity (Wildman–Crippen MR) is 138 cm³/mol. The van der Waals surface area contributed by atoms with E-state index in [2.05, 4.69) is 5.32 Å². The summed E-state index contributed by atoms with van der Waals surface area (Å²) in [5.74, 6) is -2.38. The van der Waals surface area contributed by atoms with Crippen LogP contribution in [0.15, 0.2) is 18.2 Å². The highest BCUT2D eigenvalue weighted by Gasteiger charge is 2.44. The normalized spacial score (nSPS) is 13.4. The topological polar surface area (TPSA) is 147 Å². The van der Waals surface area contributed by atoms with E-state index in [1.165, 1.54) is 18.2 Å². The van der Waals surface area contributed by atoms with Gasteiger partial charge in [-0.1, -0.05) is 32.8 Å². The Morgan fingerprint density at radius 3 is 1.97 bits per heavy atom. The monoisotopic (exact) mass is 539 g/mol. The zero-order valence-corrected chi connectivity index (χ0v) is 23.3. The summed E-state index contributed by atoms with van der Waals surface area (Å²) in [7, 11) is 0. The molecule has 1 aromatic rings. The molecule has 0 saturated heterocycles. The van der Waals surface area contributed by atoms with Gasteiger partial charge in [0.25, 0.3) is 5.72 Å². The van der Waals surface area contributed by atoms with E-state index in [0.29, 0.717) is 18.4 Å². The van der Waals surface area contributed by atoms with Crippen LogP contribution < -0.4 is 14.8 Å². The van der Waals surface area contributed by atoms with Crippen molar-refractivity contribution in [1.29, 1.82) is 0 Å². The number of unbranched alkanes of at least 4 members (excludes halogenated alkanes) is 2. The predicted octanol–water partition coefficient (Wildman–Crippen LogP) is 5.37. The molecule has 0 heterocycles. The first kappa shape index (κ1) is 32.7. The third-order valence-corrected chi connectivity index (χ3v) is 5.22. The first-order valence-electron chi connectivity index (χ1n) is 12.9. The van der Waals surface area contributed by atoms with E-state index in [1.807, 2.05) is 13.8 Å². The maximum absolute atomic E-state index is 12.6. The minimum Gasteiger partial charge on any atom is -0.477 e. The van der Waals surface area contributed by atoms with Gasteiger partial charge in [-0.25, -0.2) is 14.4 Å². The van der Waals surface area contributed by atoms with Crippen LogP contribution >= 0.6 is 0 Å². The zero-order chi connectivity index (χ0) is 28.9. The molecule has 0 aromatic heterocycles. The number of carboxylic acid groups (broad SMARTS) is 1. The third-order valence-electron chi connectivity index (χ3n) is 5.22. The van der Waals surface area contributed by atoms with Gasteiger partial charge >= 0.3 is 24.2 Å². The van der Waals surface area contributed by atoms with Gasteiger partial charge in [-0.3, -0.25) is 10.1 Å². The number of benzene rings is 1. The number of carbonyl (C=O) groups is 4. The van der Waals surface area contributed by atoms with Crippen molar-refractivity contribution in [2.75, 3.05) is 0 Å². The average molecular weight is 540 g/mol. The number of hydrogen-bond donors (Lipinski definition) is 2. The molecule has 2 atom stereocenters. The fraction of sp³-hybridized carbons (Fsp3) is 0.630. The molecule has 1 unspecified atom stereocenters. The van der Waals surface area contributed by atoms with E-state index in [-0.39, 0.29) is 30.4 Å². The van der Waals surface area contributed by atoms with Crippen molar-refractivity contribution in [2.45, 2.75) is 111 Å². The molecular formula is C27H41NO10.